The van der Waals surface area contributed by atoms with Crippen LogP contribution in [0.3, 0.4) is 0 Å². The number of hydrogen-bond acceptors (Lipinski definition) is 4. The molecule has 1 aliphatic rings. The van der Waals surface area contributed by atoms with Gasteiger partial charge in [-0.1, -0.05) is 0 Å². The number of rotatable bonds is 2. The van der Waals surface area contributed by atoms with Gasteiger partial charge in [-0.3, -0.25) is 0 Å². The van der Waals surface area contributed by atoms with Crippen LogP contribution in [0, 0.1) is 6.92 Å². The molecule has 1 aliphatic heterocycles. The topological polar surface area (TPSA) is 64.9 Å². The van der Waals surface area contributed by atoms with Crippen LogP contribution in [0.25, 0.3) is 0 Å². The van der Waals surface area contributed by atoms with Gasteiger partial charge in [0.15, 0.2) is 0 Å². The van der Waals surface area contributed by atoms with E-state index in [2.05, 4.69) is 10.5 Å². The highest BCUT2D eigenvalue weighted by Crippen LogP contribution is 2.18. The lowest BCUT2D eigenvalue weighted by Crippen LogP contribution is -2.28. The molecule has 0 aliphatic carbocycles. The van der Waals surface area contributed by atoms with Gasteiger partial charge in [-0.25, -0.2) is 10.2 Å². The summed E-state index contributed by atoms with van der Waals surface area (Å²) >= 11 is 0. The highest BCUT2D eigenvalue weighted by Gasteiger charge is 2.11. The summed E-state index contributed by atoms with van der Waals surface area (Å²) in [6.07, 6.45) is 1.72. The Labute approximate surface area is 87.0 Å². The van der Waals surface area contributed by atoms with E-state index in [4.69, 9.17) is 5.11 Å². The first-order valence-electron chi connectivity index (χ1n) is 4.58. The van der Waals surface area contributed by atoms with Gasteiger partial charge in [0.05, 0.1) is 17.8 Å². The van der Waals surface area contributed by atoms with Crippen molar-refractivity contribution in [1.29, 1.82) is 0 Å². The molecule has 15 heavy (non-hydrogen) atoms. The number of nitrogens with one attached hydrogen (secondary N) is 1. The first-order chi connectivity index (χ1) is 7.16. The molecule has 0 radical (unpaired) electrons. The molecule has 1 aromatic rings. The molecule has 78 valence electrons. The molecule has 5 heteroatoms. The third-order valence-electron chi connectivity index (χ3n) is 2.08. The normalized spacial score (nSPS) is 14.6. The van der Waals surface area contributed by atoms with Crippen LogP contribution in [-0.2, 0) is 0 Å². The molecular weight excluding hydrogens is 194 g/mol. The smallest absolute Gasteiger partial charge is 0.335 e. The lowest BCUT2D eigenvalue weighted by molar-refractivity contribution is 0.0697. The van der Waals surface area contributed by atoms with Crippen molar-refractivity contribution >= 4 is 17.9 Å². The first-order valence-corrected chi connectivity index (χ1v) is 4.58. The summed E-state index contributed by atoms with van der Waals surface area (Å²) in [4.78, 5) is 10.8. The number of aryl methyl sites for hydroxylation is 1. The monoisotopic (exact) mass is 205 g/mol. The molecule has 1 heterocycles. The van der Waals surface area contributed by atoms with Crippen molar-refractivity contribution in [3.63, 3.8) is 0 Å². The maximum atomic E-state index is 10.8. The molecule has 0 spiro atoms. The average molecular weight is 205 g/mol. The molecule has 0 atom stereocenters. The second kappa shape index (κ2) is 3.70. The molecule has 1 aromatic carbocycles. The summed E-state index contributed by atoms with van der Waals surface area (Å²) in [5, 5.41) is 14.5. The van der Waals surface area contributed by atoms with E-state index in [-0.39, 0.29) is 5.56 Å². The molecule has 0 saturated carbocycles. The van der Waals surface area contributed by atoms with Gasteiger partial charge in [0.1, 0.15) is 0 Å². The molecule has 5 nitrogen and oxygen atoms in total. The van der Waals surface area contributed by atoms with Crippen LogP contribution >= 0.6 is 0 Å². The highest BCUT2D eigenvalue weighted by molar-refractivity contribution is 5.89. The van der Waals surface area contributed by atoms with Crippen molar-refractivity contribution in [2.24, 2.45) is 5.10 Å². The van der Waals surface area contributed by atoms with Crippen LogP contribution in [0.4, 0.5) is 5.69 Å². The van der Waals surface area contributed by atoms with Gasteiger partial charge in [0, 0.05) is 6.21 Å². The van der Waals surface area contributed by atoms with E-state index in [0.29, 0.717) is 6.54 Å². The number of carboxylic acids is 1. The Balaban J connectivity index is 2.38. The zero-order valence-electron chi connectivity index (χ0n) is 8.27. The van der Waals surface area contributed by atoms with Crippen LogP contribution in [-0.4, -0.2) is 23.8 Å². The van der Waals surface area contributed by atoms with Crippen LogP contribution in [0.15, 0.2) is 23.3 Å². The Hall–Kier alpha value is -1.88. The van der Waals surface area contributed by atoms with E-state index < -0.39 is 5.97 Å². The third-order valence-corrected chi connectivity index (χ3v) is 2.08. The van der Waals surface area contributed by atoms with Gasteiger partial charge < -0.3 is 5.11 Å². The second-order valence-corrected chi connectivity index (χ2v) is 3.33. The van der Waals surface area contributed by atoms with Crippen LogP contribution < -0.4 is 10.5 Å². The number of nitrogens with zero attached hydrogens (tertiary/aromatic N) is 2. The van der Waals surface area contributed by atoms with E-state index in [1.165, 1.54) is 0 Å². The van der Waals surface area contributed by atoms with Crippen molar-refractivity contribution < 1.29 is 9.90 Å². The van der Waals surface area contributed by atoms with E-state index in [9.17, 15) is 4.79 Å². The molecule has 2 rings (SSSR count). The van der Waals surface area contributed by atoms with Gasteiger partial charge in [-0.05, 0) is 30.7 Å². The fourth-order valence-electron chi connectivity index (χ4n) is 1.46. The maximum Gasteiger partial charge on any atom is 0.335 e. The Morgan fingerprint density at radius 3 is 2.93 bits per heavy atom. The summed E-state index contributed by atoms with van der Waals surface area (Å²) in [5.74, 6) is -0.928. The number of anilines is 1. The Morgan fingerprint density at radius 1 is 1.53 bits per heavy atom. The first kappa shape index (κ1) is 9.67. The Morgan fingerprint density at radius 2 is 2.33 bits per heavy atom. The number of hydrazine groups is 1. The molecule has 0 fully saturated rings. The fraction of sp³-hybridized carbons (Fsp3) is 0.200. The lowest BCUT2D eigenvalue weighted by atomic mass is 10.1. The molecular formula is C10H11N3O2. The number of hydrazone groups is 1. The van der Waals surface area contributed by atoms with Gasteiger partial charge in [-0.2, -0.15) is 10.2 Å². The van der Waals surface area contributed by atoms with Crippen molar-refractivity contribution in [2.75, 3.05) is 11.7 Å². The van der Waals surface area contributed by atoms with E-state index in [1.54, 1.807) is 23.5 Å². The third kappa shape index (κ3) is 1.97. The molecule has 0 amide bonds. The van der Waals surface area contributed by atoms with E-state index >= 15 is 0 Å². The van der Waals surface area contributed by atoms with Crippen molar-refractivity contribution in [3.8, 4) is 0 Å². The van der Waals surface area contributed by atoms with Crippen LogP contribution in [0.2, 0.25) is 0 Å². The summed E-state index contributed by atoms with van der Waals surface area (Å²) in [7, 11) is 0. The number of carboxylic acid groups (broad SMARTS) is 1. The largest absolute Gasteiger partial charge is 0.478 e. The average Bonchev–Trinajstić information content (AvgIpc) is 2.69. The zero-order valence-corrected chi connectivity index (χ0v) is 8.27. The maximum absolute atomic E-state index is 10.8. The van der Waals surface area contributed by atoms with Gasteiger partial charge in [0.2, 0.25) is 0 Å². The van der Waals surface area contributed by atoms with E-state index in [1.807, 2.05) is 13.0 Å². The molecule has 0 bridgehead atoms. The van der Waals surface area contributed by atoms with E-state index in [0.717, 1.165) is 11.3 Å². The predicted octanol–water partition coefficient (Wildman–Crippen LogP) is 1.00. The van der Waals surface area contributed by atoms with Crippen LogP contribution in [0.1, 0.15) is 15.9 Å². The molecule has 0 saturated heterocycles. The molecule has 0 unspecified atom stereocenters. The quantitative estimate of drug-likeness (QED) is 0.756. The Bertz CT molecular complexity index is 429. The number of aromatic carboxylic acids is 1. The second-order valence-electron chi connectivity index (χ2n) is 3.33. The minimum atomic E-state index is -0.928. The SMILES string of the molecule is Cc1cc(C(=O)O)cc(N2N=CCN2)c1. The highest BCUT2D eigenvalue weighted by atomic mass is 16.4. The molecule has 2 N–H and O–H groups in total. The van der Waals surface area contributed by atoms with Crippen molar-refractivity contribution in [1.82, 2.24) is 5.43 Å². The lowest BCUT2D eigenvalue weighted by Gasteiger charge is -2.15. The summed E-state index contributed by atoms with van der Waals surface area (Å²) in [6, 6.07) is 5.10. The van der Waals surface area contributed by atoms with Gasteiger partial charge in [-0.15, -0.1) is 0 Å². The summed E-state index contributed by atoms with van der Waals surface area (Å²) in [5.41, 5.74) is 4.89. The van der Waals surface area contributed by atoms with Crippen molar-refractivity contribution in [3.05, 3.63) is 29.3 Å². The number of benzene rings is 1. The zero-order chi connectivity index (χ0) is 10.8. The van der Waals surface area contributed by atoms with Gasteiger partial charge >= 0.3 is 5.97 Å². The standard InChI is InChI=1S/C10H11N3O2/c1-7-4-8(10(14)15)6-9(5-7)13-11-2-3-12-13/h2,4-6,12H,3H2,1H3,(H,14,15). The van der Waals surface area contributed by atoms with Crippen LogP contribution in [0.5, 0.6) is 0 Å². The number of hydrogen-bond donors (Lipinski definition) is 2. The Kier molecular flexibility index (Phi) is 2.39. The van der Waals surface area contributed by atoms with Crippen molar-refractivity contribution in [2.45, 2.75) is 6.92 Å². The minimum Gasteiger partial charge on any atom is -0.478 e. The summed E-state index contributed by atoms with van der Waals surface area (Å²) < 4.78 is 0. The predicted molar refractivity (Wildman–Crippen MR) is 57.1 cm³/mol. The fourth-order valence-corrected chi connectivity index (χ4v) is 1.46. The van der Waals surface area contributed by atoms with Gasteiger partial charge in [0.25, 0.3) is 0 Å². The number of carbonyl (C=O) groups is 1. The molecule has 0 aromatic heterocycles. The summed E-state index contributed by atoms with van der Waals surface area (Å²) in [6.45, 7) is 2.52. The minimum absolute atomic E-state index is 0.272.